The minimum Gasteiger partial charge on any atom is -0.477 e. The first kappa shape index (κ1) is 13.5. The highest BCUT2D eigenvalue weighted by atomic mass is 79.9. The molecule has 0 spiro atoms. The zero-order valence-electron chi connectivity index (χ0n) is 9.16. The van der Waals surface area contributed by atoms with Crippen LogP contribution in [0.25, 0.3) is 0 Å². The van der Waals surface area contributed by atoms with E-state index in [2.05, 4.69) is 35.8 Å². The van der Waals surface area contributed by atoms with Gasteiger partial charge in [-0.1, -0.05) is 0 Å². The van der Waals surface area contributed by atoms with E-state index < -0.39 is 16.0 Å². The van der Waals surface area contributed by atoms with Gasteiger partial charge >= 0.3 is 5.97 Å². The molecule has 19 heavy (non-hydrogen) atoms. The van der Waals surface area contributed by atoms with E-state index in [1.807, 2.05) is 0 Å². The molecule has 3 N–H and O–H groups in total. The van der Waals surface area contributed by atoms with Crippen LogP contribution in [0.5, 0.6) is 0 Å². The summed E-state index contributed by atoms with van der Waals surface area (Å²) in [5, 5.41) is 14.4. The lowest BCUT2D eigenvalue weighted by atomic mass is 10.4. The smallest absolute Gasteiger partial charge is 0.353 e. The number of carboxylic acid groups (broad SMARTS) is 1. The van der Waals surface area contributed by atoms with E-state index in [0.29, 0.717) is 4.47 Å². The third kappa shape index (κ3) is 3.09. The molecule has 0 aliphatic rings. The fraction of sp³-hybridized carbons (Fsp3) is 0. The predicted molar refractivity (Wildman–Crippen MR) is 68.3 cm³/mol. The average molecular weight is 347 g/mol. The monoisotopic (exact) mass is 346 g/mol. The van der Waals surface area contributed by atoms with Gasteiger partial charge in [-0.25, -0.2) is 13.2 Å². The molecule has 0 bridgehead atoms. The van der Waals surface area contributed by atoms with Crippen LogP contribution in [0.15, 0.2) is 33.9 Å². The van der Waals surface area contributed by atoms with E-state index in [9.17, 15) is 13.2 Å². The summed E-state index contributed by atoms with van der Waals surface area (Å²) >= 11 is 3.11. The molecule has 2 heterocycles. The van der Waals surface area contributed by atoms with Gasteiger partial charge in [-0.15, -0.1) is 0 Å². The van der Waals surface area contributed by atoms with Crippen molar-refractivity contribution in [2.24, 2.45) is 0 Å². The minimum atomic E-state index is -3.87. The summed E-state index contributed by atoms with van der Waals surface area (Å²) in [7, 11) is -3.87. The van der Waals surface area contributed by atoms with Crippen LogP contribution >= 0.6 is 15.9 Å². The fourth-order valence-corrected chi connectivity index (χ4v) is 2.72. The number of aromatic nitrogens is 3. The summed E-state index contributed by atoms with van der Waals surface area (Å²) in [6, 6.07) is 2.44. The van der Waals surface area contributed by atoms with Crippen LogP contribution in [-0.2, 0) is 10.0 Å². The number of carboxylic acids is 1. The van der Waals surface area contributed by atoms with E-state index in [-0.39, 0.29) is 16.4 Å². The minimum absolute atomic E-state index is 0.0678. The second kappa shape index (κ2) is 4.97. The average Bonchev–Trinajstić information content (AvgIpc) is 2.77. The van der Waals surface area contributed by atoms with Gasteiger partial charge in [-0.3, -0.25) is 14.8 Å². The van der Waals surface area contributed by atoms with Crippen LogP contribution in [0, 0.1) is 0 Å². The van der Waals surface area contributed by atoms with Gasteiger partial charge in [0.25, 0.3) is 10.0 Å². The Kier molecular flexibility index (Phi) is 3.53. The molecule has 0 radical (unpaired) electrons. The van der Waals surface area contributed by atoms with Crippen molar-refractivity contribution in [2.45, 2.75) is 4.90 Å². The van der Waals surface area contributed by atoms with Crippen LogP contribution < -0.4 is 4.72 Å². The molecule has 0 aliphatic carbocycles. The number of H-pyrrole nitrogens is 1. The Morgan fingerprint density at radius 3 is 2.68 bits per heavy atom. The number of sulfonamides is 1. The number of aromatic carboxylic acids is 1. The van der Waals surface area contributed by atoms with E-state index in [0.717, 1.165) is 12.3 Å². The number of hydrogen-bond donors (Lipinski definition) is 3. The maximum absolute atomic E-state index is 12.0. The molecule has 0 saturated heterocycles. The molecule has 0 amide bonds. The van der Waals surface area contributed by atoms with Crippen LogP contribution in [-0.4, -0.2) is 34.7 Å². The number of pyridine rings is 1. The molecule has 2 rings (SSSR count). The molecule has 0 unspecified atom stereocenters. The van der Waals surface area contributed by atoms with E-state index in [1.165, 1.54) is 12.3 Å². The van der Waals surface area contributed by atoms with E-state index in [1.54, 1.807) is 0 Å². The fourth-order valence-electron chi connectivity index (χ4n) is 1.22. The summed E-state index contributed by atoms with van der Waals surface area (Å²) in [5.41, 5.74) is -0.218. The number of halogens is 1. The molecule has 8 nitrogen and oxygen atoms in total. The SMILES string of the molecule is O=C(O)c1cc(NS(=O)(=O)c2cncc(Br)c2)n[nH]1. The number of anilines is 1. The molecule has 0 fully saturated rings. The summed E-state index contributed by atoms with van der Waals surface area (Å²) in [4.78, 5) is 14.3. The third-order valence-corrected chi connectivity index (χ3v) is 3.79. The molecule has 2 aromatic heterocycles. The Balaban J connectivity index is 2.28. The molecule has 0 aromatic carbocycles. The van der Waals surface area contributed by atoms with E-state index >= 15 is 0 Å². The highest BCUT2D eigenvalue weighted by Crippen LogP contribution is 2.17. The van der Waals surface area contributed by atoms with Gasteiger partial charge in [0.1, 0.15) is 10.6 Å². The molecule has 10 heteroatoms. The zero-order valence-corrected chi connectivity index (χ0v) is 11.6. The molecule has 0 atom stereocenters. The number of nitrogens with zero attached hydrogens (tertiary/aromatic N) is 2. The number of rotatable bonds is 4. The first-order valence-electron chi connectivity index (χ1n) is 4.80. The molecule has 2 aromatic rings. The van der Waals surface area contributed by atoms with Crippen LogP contribution in [0.4, 0.5) is 5.82 Å². The normalized spacial score (nSPS) is 11.2. The Morgan fingerprint density at radius 1 is 1.37 bits per heavy atom. The van der Waals surface area contributed by atoms with Gasteiger partial charge in [0.15, 0.2) is 5.82 Å². The van der Waals surface area contributed by atoms with Crippen molar-refractivity contribution < 1.29 is 18.3 Å². The maximum Gasteiger partial charge on any atom is 0.353 e. The Bertz CT molecular complexity index is 727. The van der Waals surface area contributed by atoms with Crippen molar-refractivity contribution in [3.8, 4) is 0 Å². The van der Waals surface area contributed by atoms with Crippen molar-refractivity contribution in [3.05, 3.63) is 34.7 Å². The van der Waals surface area contributed by atoms with Gasteiger partial charge in [0.2, 0.25) is 0 Å². The van der Waals surface area contributed by atoms with Crippen molar-refractivity contribution in [1.29, 1.82) is 0 Å². The quantitative estimate of drug-likeness (QED) is 0.760. The van der Waals surface area contributed by atoms with Crippen molar-refractivity contribution >= 4 is 37.7 Å². The summed E-state index contributed by atoms with van der Waals surface area (Å²) in [5.74, 6) is -1.35. The highest BCUT2D eigenvalue weighted by Gasteiger charge is 2.17. The van der Waals surface area contributed by atoms with Gasteiger partial charge < -0.3 is 5.11 Å². The Hall–Kier alpha value is -1.94. The van der Waals surface area contributed by atoms with Gasteiger partial charge in [0.05, 0.1) is 0 Å². The molecule has 100 valence electrons. The lowest BCUT2D eigenvalue weighted by Crippen LogP contribution is -2.13. The lowest BCUT2D eigenvalue weighted by Gasteiger charge is -2.04. The Labute approximate surface area is 116 Å². The highest BCUT2D eigenvalue weighted by molar-refractivity contribution is 9.10. The largest absolute Gasteiger partial charge is 0.477 e. The summed E-state index contributed by atoms with van der Waals surface area (Å²) in [6.07, 6.45) is 2.61. The van der Waals surface area contributed by atoms with Gasteiger partial charge in [0, 0.05) is 22.9 Å². The van der Waals surface area contributed by atoms with Crippen LogP contribution in [0.3, 0.4) is 0 Å². The van der Waals surface area contributed by atoms with Gasteiger partial charge in [-0.2, -0.15) is 5.10 Å². The Morgan fingerprint density at radius 2 is 2.11 bits per heavy atom. The number of aromatic amines is 1. The lowest BCUT2D eigenvalue weighted by molar-refractivity contribution is 0.0690. The maximum atomic E-state index is 12.0. The first-order chi connectivity index (χ1) is 8.88. The molecular formula is C9H7BrN4O4S. The topological polar surface area (TPSA) is 125 Å². The number of hydrogen-bond acceptors (Lipinski definition) is 5. The molecule has 0 aliphatic heterocycles. The predicted octanol–water partition coefficient (Wildman–Crippen LogP) is 1.07. The first-order valence-corrected chi connectivity index (χ1v) is 7.08. The molecular weight excluding hydrogens is 340 g/mol. The summed E-state index contributed by atoms with van der Waals surface area (Å²) in [6.45, 7) is 0. The second-order valence-electron chi connectivity index (χ2n) is 3.42. The zero-order chi connectivity index (χ0) is 14.0. The summed E-state index contributed by atoms with van der Waals surface area (Å²) < 4.78 is 26.6. The molecule has 0 saturated carbocycles. The standard InChI is InChI=1S/C9H7BrN4O4S/c10-5-1-6(4-11-3-5)19(17,18)14-8-2-7(9(15)16)12-13-8/h1-4H,(H,15,16)(H2,12,13,14). The third-order valence-electron chi connectivity index (χ3n) is 2.04. The van der Waals surface area contributed by atoms with E-state index in [4.69, 9.17) is 5.11 Å². The van der Waals surface area contributed by atoms with Crippen molar-refractivity contribution in [3.63, 3.8) is 0 Å². The number of carbonyl (C=O) groups is 1. The number of nitrogens with one attached hydrogen (secondary N) is 2. The van der Waals surface area contributed by atoms with Crippen molar-refractivity contribution in [1.82, 2.24) is 15.2 Å². The van der Waals surface area contributed by atoms with Gasteiger partial charge in [-0.05, 0) is 22.0 Å². The van der Waals surface area contributed by atoms with Crippen molar-refractivity contribution in [2.75, 3.05) is 4.72 Å². The van der Waals surface area contributed by atoms with Crippen LogP contribution in [0.1, 0.15) is 10.5 Å². The van der Waals surface area contributed by atoms with Crippen LogP contribution in [0.2, 0.25) is 0 Å². The second-order valence-corrected chi connectivity index (χ2v) is 6.01.